The van der Waals surface area contributed by atoms with Crippen LogP contribution in [0.1, 0.15) is 181 Å². The summed E-state index contributed by atoms with van der Waals surface area (Å²) in [6.07, 6.45) is 43.3. The number of esters is 2. The first kappa shape index (κ1) is 51.1. The second kappa shape index (κ2) is 41.3. The Morgan fingerprint density at radius 2 is 0.926 bits per heavy atom. The zero-order chi connectivity index (χ0) is 39.6. The molecule has 8 nitrogen and oxygen atoms in total. The van der Waals surface area contributed by atoms with Crippen molar-refractivity contribution in [2.45, 2.75) is 187 Å². The standard InChI is InChI=1S/C46H81NO7/c1-5-7-9-11-13-15-17-19-21-23-25-27-29-31-33-35-40-51-44(48)38-37-43(54-46(50)53-42-39-47(3)4)45(49)52-41-36-34-32-30-28-26-24-22-20-18-16-14-12-10-8-6-2/h13-16,19-22,43H,5-12,17-18,23-42H2,1-4H3/b15-13-,16-14-,21-19-,22-20-. The van der Waals surface area contributed by atoms with Gasteiger partial charge in [-0.2, -0.15) is 0 Å². The minimum absolute atomic E-state index is 0.00612. The lowest BCUT2D eigenvalue weighted by molar-refractivity contribution is -0.156. The Balaban J connectivity index is 4.17. The Morgan fingerprint density at radius 3 is 1.39 bits per heavy atom. The van der Waals surface area contributed by atoms with E-state index in [0.29, 0.717) is 13.2 Å². The third kappa shape index (κ3) is 38.8. The number of hydrogen-bond acceptors (Lipinski definition) is 8. The van der Waals surface area contributed by atoms with Crippen molar-refractivity contribution in [2.75, 3.05) is 40.5 Å². The van der Waals surface area contributed by atoms with Crippen LogP contribution >= 0.6 is 0 Å². The van der Waals surface area contributed by atoms with Crippen molar-refractivity contribution in [3.8, 4) is 0 Å². The molecule has 0 N–H and O–H groups in total. The van der Waals surface area contributed by atoms with Crippen LogP contribution in [-0.4, -0.2) is 69.6 Å². The summed E-state index contributed by atoms with van der Waals surface area (Å²) in [4.78, 5) is 39.4. The maximum absolute atomic E-state index is 12.8. The van der Waals surface area contributed by atoms with Gasteiger partial charge in [0, 0.05) is 19.4 Å². The summed E-state index contributed by atoms with van der Waals surface area (Å²) < 4.78 is 21.2. The molecular weight excluding hydrogens is 679 g/mol. The maximum Gasteiger partial charge on any atom is 0.509 e. The molecule has 312 valence electrons. The minimum atomic E-state index is -1.21. The van der Waals surface area contributed by atoms with Gasteiger partial charge < -0.3 is 23.8 Å². The first-order valence-electron chi connectivity index (χ1n) is 21.8. The predicted octanol–water partition coefficient (Wildman–Crippen LogP) is 12.6. The Labute approximate surface area is 331 Å². The van der Waals surface area contributed by atoms with Crippen LogP contribution in [-0.2, 0) is 28.5 Å². The molecule has 0 fully saturated rings. The molecule has 0 saturated carbocycles. The average molecular weight is 760 g/mol. The van der Waals surface area contributed by atoms with Gasteiger partial charge in [-0.15, -0.1) is 0 Å². The molecule has 8 heteroatoms. The molecule has 54 heavy (non-hydrogen) atoms. The zero-order valence-corrected chi connectivity index (χ0v) is 35.2. The highest BCUT2D eigenvalue weighted by molar-refractivity contribution is 5.78. The summed E-state index contributed by atoms with van der Waals surface area (Å²) in [7, 11) is 3.73. The van der Waals surface area contributed by atoms with Crippen molar-refractivity contribution >= 4 is 18.1 Å². The van der Waals surface area contributed by atoms with Gasteiger partial charge in [0.05, 0.1) is 13.2 Å². The lowest BCUT2D eigenvalue weighted by atomic mass is 10.1. The number of likely N-dealkylation sites (N-methyl/N-ethyl adjacent to an activating group) is 1. The number of unbranched alkanes of at least 4 members (excludes halogenated alkanes) is 18. The number of hydrogen-bond donors (Lipinski definition) is 0. The number of carbonyl (C=O) groups is 3. The molecule has 0 aliphatic rings. The highest BCUT2D eigenvalue weighted by atomic mass is 16.7. The molecule has 1 atom stereocenters. The maximum atomic E-state index is 12.8. The zero-order valence-electron chi connectivity index (χ0n) is 35.2. The molecule has 0 saturated heterocycles. The van der Waals surface area contributed by atoms with Crippen molar-refractivity contribution in [3.63, 3.8) is 0 Å². The van der Waals surface area contributed by atoms with Crippen LogP contribution in [0.4, 0.5) is 4.79 Å². The highest BCUT2D eigenvalue weighted by Crippen LogP contribution is 2.13. The van der Waals surface area contributed by atoms with Crippen molar-refractivity contribution in [3.05, 3.63) is 48.6 Å². The topological polar surface area (TPSA) is 91.4 Å². The van der Waals surface area contributed by atoms with Crippen molar-refractivity contribution < 1.29 is 33.3 Å². The first-order chi connectivity index (χ1) is 26.4. The van der Waals surface area contributed by atoms with Crippen LogP contribution < -0.4 is 0 Å². The largest absolute Gasteiger partial charge is 0.509 e. The van der Waals surface area contributed by atoms with Crippen LogP contribution in [0.2, 0.25) is 0 Å². The van der Waals surface area contributed by atoms with Gasteiger partial charge in [0.15, 0.2) is 0 Å². The van der Waals surface area contributed by atoms with Gasteiger partial charge in [-0.25, -0.2) is 9.59 Å². The Kier molecular flexibility index (Phi) is 39.1. The van der Waals surface area contributed by atoms with E-state index in [0.717, 1.165) is 70.6 Å². The highest BCUT2D eigenvalue weighted by Gasteiger charge is 2.26. The van der Waals surface area contributed by atoms with Gasteiger partial charge in [-0.1, -0.05) is 140 Å². The van der Waals surface area contributed by atoms with Gasteiger partial charge in [-0.05, 0) is 91.1 Å². The summed E-state index contributed by atoms with van der Waals surface area (Å²) in [6, 6.07) is 0. The third-order valence-electron chi connectivity index (χ3n) is 9.07. The monoisotopic (exact) mass is 760 g/mol. The fourth-order valence-corrected chi connectivity index (χ4v) is 5.64. The van der Waals surface area contributed by atoms with E-state index in [2.05, 4.69) is 62.5 Å². The SMILES string of the molecule is CCCCC/C=C\C/C=C\CCCCCCCCOC(=O)CCC(OC(=O)OCCN(C)C)C(=O)OCCCCCCCC/C=C\C/C=C\CCCCC. The summed E-state index contributed by atoms with van der Waals surface area (Å²) >= 11 is 0. The Morgan fingerprint density at radius 1 is 0.500 bits per heavy atom. The molecule has 0 aromatic carbocycles. The average Bonchev–Trinajstić information content (AvgIpc) is 3.15. The van der Waals surface area contributed by atoms with Crippen LogP contribution in [0.5, 0.6) is 0 Å². The lowest BCUT2D eigenvalue weighted by Gasteiger charge is -2.17. The molecule has 0 bridgehead atoms. The second-order valence-electron chi connectivity index (χ2n) is 14.6. The van der Waals surface area contributed by atoms with Gasteiger partial charge in [-0.3, -0.25) is 4.79 Å². The van der Waals surface area contributed by atoms with E-state index in [9.17, 15) is 14.4 Å². The Bertz CT molecular complexity index is 988. The van der Waals surface area contributed by atoms with E-state index in [4.69, 9.17) is 18.9 Å². The van der Waals surface area contributed by atoms with Gasteiger partial charge in [0.2, 0.25) is 6.10 Å². The summed E-state index contributed by atoms with van der Waals surface area (Å²) in [6.45, 7) is 5.73. The predicted molar refractivity (Wildman–Crippen MR) is 225 cm³/mol. The number of allylic oxidation sites excluding steroid dienone is 8. The van der Waals surface area contributed by atoms with E-state index in [1.807, 2.05) is 19.0 Å². The first-order valence-corrected chi connectivity index (χ1v) is 21.8. The smallest absolute Gasteiger partial charge is 0.466 e. The second-order valence-corrected chi connectivity index (χ2v) is 14.6. The molecule has 0 aromatic heterocycles. The Hall–Kier alpha value is -2.87. The number of carbonyl (C=O) groups excluding carboxylic acids is 3. The molecule has 1 unspecified atom stereocenters. The van der Waals surface area contributed by atoms with Crippen molar-refractivity contribution in [1.29, 1.82) is 0 Å². The number of ether oxygens (including phenoxy) is 4. The minimum Gasteiger partial charge on any atom is -0.466 e. The molecule has 0 spiro atoms. The molecular formula is C46H81NO7. The molecule has 0 radical (unpaired) electrons. The molecule has 0 aliphatic heterocycles. The number of nitrogens with zero attached hydrogens (tertiary/aromatic N) is 1. The van der Waals surface area contributed by atoms with E-state index >= 15 is 0 Å². The fraction of sp³-hybridized carbons (Fsp3) is 0.761. The molecule has 0 aliphatic carbocycles. The summed E-state index contributed by atoms with van der Waals surface area (Å²) in [5.41, 5.74) is 0. The normalized spacial score (nSPS) is 12.5. The lowest BCUT2D eigenvalue weighted by Crippen LogP contribution is -2.31. The van der Waals surface area contributed by atoms with Crippen LogP contribution in [0.15, 0.2) is 48.6 Å². The molecule has 0 amide bonds. The quantitative estimate of drug-likeness (QED) is 0.0266. The van der Waals surface area contributed by atoms with E-state index in [1.54, 1.807) is 0 Å². The summed E-state index contributed by atoms with van der Waals surface area (Å²) in [5.74, 6) is -1.06. The third-order valence-corrected chi connectivity index (χ3v) is 9.07. The molecule has 0 rings (SSSR count). The fourth-order valence-electron chi connectivity index (χ4n) is 5.64. The van der Waals surface area contributed by atoms with Crippen molar-refractivity contribution in [1.82, 2.24) is 4.90 Å². The van der Waals surface area contributed by atoms with Crippen LogP contribution in [0, 0.1) is 0 Å². The van der Waals surface area contributed by atoms with Crippen LogP contribution in [0.25, 0.3) is 0 Å². The number of rotatable bonds is 38. The molecule has 0 aromatic rings. The van der Waals surface area contributed by atoms with Crippen LogP contribution in [0.3, 0.4) is 0 Å². The van der Waals surface area contributed by atoms with Gasteiger partial charge in [0.25, 0.3) is 0 Å². The van der Waals surface area contributed by atoms with E-state index in [1.165, 1.54) is 83.5 Å². The van der Waals surface area contributed by atoms with Gasteiger partial charge >= 0.3 is 18.1 Å². The van der Waals surface area contributed by atoms with E-state index < -0.39 is 24.2 Å². The van der Waals surface area contributed by atoms with Gasteiger partial charge in [0.1, 0.15) is 6.61 Å². The summed E-state index contributed by atoms with van der Waals surface area (Å²) in [5, 5.41) is 0. The van der Waals surface area contributed by atoms with Crippen molar-refractivity contribution in [2.24, 2.45) is 0 Å². The van der Waals surface area contributed by atoms with E-state index in [-0.39, 0.29) is 26.1 Å². The molecule has 0 heterocycles.